The number of carbonyl (C=O) groups is 2. The first-order valence-corrected chi connectivity index (χ1v) is 20.4. The van der Waals surface area contributed by atoms with Gasteiger partial charge in [0.05, 0.1) is 60.2 Å². The Morgan fingerprint density at radius 1 is 0.476 bits per heavy atom. The Morgan fingerprint density at radius 2 is 0.746 bits per heavy atom. The summed E-state index contributed by atoms with van der Waals surface area (Å²) in [4.78, 5) is 60.6. The van der Waals surface area contributed by atoms with Crippen molar-refractivity contribution in [1.82, 2.24) is 39.9 Å². The Balaban J connectivity index is 0.000000240. The second kappa shape index (κ2) is 21.3. The van der Waals surface area contributed by atoms with E-state index in [2.05, 4.69) is 9.47 Å². The summed E-state index contributed by atoms with van der Waals surface area (Å²) in [5.74, 6) is 1.44. The van der Waals surface area contributed by atoms with Gasteiger partial charge in [-0.25, -0.2) is 19.6 Å². The van der Waals surface area contributed by atoms with Gasteiger partial charge in [0.1, 0.15) is 0 Å². The number of hydrogen-bond donors (Lipinski definition) is 2. The minimum Gasteiger partial charge on any atom is -0.512 e. The van der Waals surface area contributed by atoms with E-state index in [1.165, 1.54) is 0 Å². The van der Waals surface area contributed by atoms with Gasteiger partial charge in [-0.05, 0) is 48.2 Å². The van der Waals surface area contributed by atoms with E-state index >= 15 is 0 Å². The molecule has 4 aromatic carbocycles. The number of hydrogen-bond acceptors (Lipinski definition) is 12. The summed E-state index contributed by atoms with van der Waals surface area (Å²) in [5, 5.41) is 21.6. The molecule has 316 valence electrons. The fraction of sp³-hybridized carbons (Fsp3) is 0.208. The Kier molecular flexibility index (Phi) is 15.4. The quantitative estimate of drug-likeness (QED) is 0.0829. The monoisotopic (exact) mass is 918 g/mol. The van der Waals surface area contributed by atoms with Crippen molar-refractivity contribution in [2.45, 2.75) is 53.4 Å². The summed E-state index contributed by atoms with van der Waals surface area (Å²) < 4.78 is 9.17. The molecular weight excluding hydrogens is 876 g/mol. The predicted molar refractivity (Wildman–Crippen MR) is 238 cm³/mol. The van der Waals surface area contributed by atoms with E-state index in [1.807, 2.05) is 111 Å². The number of aliphatic hydroxyl groups excluding tert-OH is 2. The Bertz CT molecular complexity index is 2660. The zero-order valence-electron chi connectivity index (χ0n) is 35.2. The number of aromatic nitrogens is 8. The van der Waals surface area contributed by atoms with E-state index in [0.29, 0.717) is 71.9 Å². The van der Waals surface area contributed by atoms with Crippen molar-refractivity contribution in [1.29, 1.82) is 0 Å². The number of nitrogens with zero attached hydrogens (tertiary/aromatic N) is 8. The molecule has 3 aromatic heterocycles. The molecule has 0 unspecified atom stereocenters. The number of rotatable bonds is 8. The summed E-state index contributed by atoms with van der Waals surface area (Å²) in [5.41, 5.74) is 5.78. The van der Waals surface area contributed by atoms with Crippen LogP contribution in [0.4, 0.5) is 0 Å². The molecule has 8 bridgehead atoms. The molecule has 0 spiro atoms. The van der Waals surface area contributed by atoms with Gasteiger partial charge in [0, 0.05) is 57.7 Å². The Labute approximate surface area is 382 Å². The van der Waals surface area contributed by atoms with E-state index in [9.17, 15) is 9.59 Å². The normalized spacial score (nSPS) is 11.6. The Hall–Kier alpha value is -6.86. The van der Waals surface area contributed by atoms with Crippen LogP contribution in [0.2, 0.25) is 0 Å². The zero-order valence-corrected chi connectivity index (χ0v) is 37.7. The summed E-state index contributed by atoms with van der Waals surface area (Å²) in [6, 6.07) is 31.8. The summed E-state index contributed by atoms with van der Waals surface area (Å²) >= 11 is 0. The van der Waals surface area contributed by atoms with Crippen LogP contribution in [-0.2, 0) is 45.3 Å². The first-order valence-electron chi connectivity index (χ1n) is 20.4. The van der Waals surface area contributed by atoms with Crippen LogP contribution in [0.5, 0.6) is 0 Å². The topological polar surface area (TPSA) is 199 Å². The molecule has 0 saturated carbocycles. The average Bonchev–Trinajstić information content (AvgIpc) is 4.00. The maximum Gasteiger partial charge on any atom is 2.00 e. The molecule has 0 fully saturated rings. The van der Waals surface area contributed by atoms with Gasteiger partial charge in [-0.2, -0.15) is 0 Å². The molecule has 2 aliphatic heterocycles. The maximum atomic E-state index is 10.7. The SMILES string of the molecule is CCC/C(O)=C/C(=O)OCC.CCC/C(O)=C/C(=O)OCC.[Zr+2].c1ccc2c(c1)-c1nc-2nc2[n-]c(nc3nc(nc4[n-]c(n1)c1ccccc41)-c1ccccc1-3)c1ccccc21. The number of carbonyl (C=O) groups excluding carboxylic acids is 2. The Morgan fingerprint density at radius 3 is 1.00 bits per heavy atom. The van der Waals surface area contributed by atoms with Gasteiger partial charge in [-0.15, -0.1) is 0 Å². The van der Waals surface area contributed by atoms with Gasteiger partial charge >= 0.3 is 38.1 Å². The molecule has 63 heavy (non-hydrogen) atoms. The summed E-state index contributed by atoms with van der Waals surface area (Å²) in [6.45, 7) is 7.99. The third-order valence-corrected chi connectivity index (χ3v) is 9.48. The molecule has 0 saturated heterocycles. The first-order chi connectivity index (χ1) is 30.2. The van der Waals surface area contributed by atoms with Gasteiger partial charge in [-0.1, -0.05) is 111 Å². The molecule has 0 atom stereocenters. The summed E-state index contributed by atoms with van der Waals surface area (Å²) in [7, 11) is 0. The molecule has 14 nitrogen and oxygen atoms in total. The van der Waals surface area contributed by atoms with Gasteiger partial charge in [0.15, 0.2) is 0 Å². The van der Waals surface area contributed by atoms with Crippen molar-refractivity contribution in [2.75, 3.05) is 13.2 Å². The molecule has 15 heteroatoms. The summed E-state index contributed by atoms with van der Waals surface area (Å²) in [6.07, 6.45) is 4.93. The standard InChI is InChI=1S/C32H16N8.2C8H14O3.Zr/c1-2-10-18-17(9-1)25-33-26(18)38-28-21-13-5-6-14-22(21)30(35-28)40-32-24-16-8-7-15-23(24)31(36-32)39-29-20-12-4-3-11-19(20)27(34-29)37-25;2*1-3-5-7(9)6-8(10)11-4-2;/h1-16H;2*6,9H,3-5H2,1-2H3;/q-2;;;+2/b;2*7-6-;. The molecule has 7 aromatic rings. The second-order valence-corrected chi connectivity index (χ2v) is 13.9. The van der Waals surface area contributed by atoms with Gasteiger partial charge < -0.3 is 49.6 Å². The van der Waals surface area contributed by atoms with Crippen molar-refractivity contribution >= 4 is 56.1 Å². The van der Waals surface area contributed by atoms with Crippen LogP contribution in [0.1, 0.15) is 53.4 Å². The number of ether oxygens (including phenoxy) is 2. The van der Waals surface area contributed by atoms with Crippen molar-refractivity contribution in [2.24, 2.45) is 0 Å². The van der Waals surface area contributed by atoms with Crippen LogP contribution >= 0.6 is 0 Å². The molecule has 2 aliphatic rings. The molecule has 9 rings (SSSR count). The van der Waals surface area contributed by atoms with Crippen molar-refractivity contribution in [3.05, 3.63) is 121 Å². The van der Waals surface area contributed by atoms with Crippen LogP contribution < -0.4 is 9.97 Å². The van der Waals surface area contributed by atoms with Crippen LogP contribution in [0.25, 0.3) is 89.7 Å². The number of esters is 2. The molecule has 0 amide bonds. The van der Waals surface area contributed by atoms with E-state index in [-0.39, 0.29) is 37.7 Å². The van der Waals surface area contributed by atoms with Crippen LogP contribution in [0, 0.1) is 0 Å². The number of benzene rings is 4. The fourth-order valence-corrected chi connectivity index (χ4v) is 6.76. The fourth-order valence-electron chi connectivity index (χ4n) is 6.76. The predicted octanol–water partition coefficient (Wildman–Crippen LogP) is 9.71. The number of fused-ring (bicyclic) bond motifs is 20. The minimum atomic E-state index is -0.474. The molecule has 5 heterocycles. The second-order valence-electron chi connectivity index (χ2n) is 13.9. The minimum absolute atomic E-state index is 0. The van der Waals surface area contributed by atoms with Crippen LogP contribution in [0.15, 0.2) is 121 Å². The van der Waals surface area contributed by atoms with Gasteiger partial charge in [0.2, 0.25) is 0 Å². The van der Waals surface area contributed by atoms with E-state index in [0.717, 1.165) is 68.8 Å². The van der Waals surface area contributed by atoms with Crippen molar-refractivity contribution < 1.29 is 55.5 Å². The van der Waals surface area contributed by atoms with E-state index in [4.69, 9.17) is 50.1 Å². The third kappa shape index (κ3) is 10.6. The van der Waals surface area contributed by atoms with Crippen molar-refractivity contribution in [3.63, 3.8) is 0 Å². The molecule has 0 aliphatic carbocycles. The smallest absolute Gasteiger partial charge is 0.512 e. The third-order valence-electron chi connectivity index (χ3n) is 9.48. The average molecular weight is 920 g/mol. The van der Waals surface area contributed by atoms with Crippen LogP contribution in [0.3, 0.4) is 0 Å². The van der Waals surface area contributed by atoms with Crippen LogP contribution in [-0.4, -0.2) is 65.3 Å². The number of allylic oxidation sites excluding steroid dienone is 2. The molecular formula is C48H44N8O6Zr. The maximum absolute atomic E-state index is 10.7. The molecule has 0 radical (unpaired) electrons. The van der Waals surface area contributed by atoms with E-state index < -0.39 is 11.9 Å². The first kappa shape index (κ1) is 45.7. The van der Waals surface area contributed by atoms with Crippen molar-refractivity contribution in [3.8, 4) is 45.6 Å². The molecule has 2 N–H and O–H groups in total. The number of aliphatic hydroxyl groups is 2. The van der Waals surface area contributed by atoms with E-state index in [1.54, 1.807) is 13.8 Å². The van der Waals surface area contributed by atoms with Gasteiger partial charge in [-0.3, -0.25) is 0 Å². The largest absolute Gasteiger partial charge is 2.00 e. The van der Waals surface area contributed by atoms with Gasteiger partial charge in [0.25, 0.3) is 0 Å². The zero-order chi connectivity index (χ0) is 43.6.